The van der Waals surface area contributed by atoms with Crippen molar-refractivity contribution >= 4 is 56.4 Å². The van der Waals surface area contributed by atoms with Gasteiger partial charge in [-0.15, -0.1) is 0 Å². The molecule has 3 aromatic carbocycles. The average Bonchev–Trinajstić information content (AvgIpc) is 2.63. The molecule has 0 amide bonds. The normalized spacial score (nSPS) is 10.7. The van der Waals surface area contributed by atoms with Crippen molar-refractivity contribution in [3.05, 3.63) is 90.8 Å². The number of anilines is 1. The number of ether oxygens (including phenoxy) is 1. The van der Waals surface area contributed by atoms with Crippen LogP contribution < -0.4 is 10.1 Å². The fraction of sp³-hybridized carbons (Fsp3) is 0.143. The van der Waals surface area contributed by atoms with Crippen LogP contribution in [-0.4, -0.2) is 0 Å². The first kappa shape index (κ1) is 20.3. The summed E-state index contributed by atoms with van der Waals surface area (Å²) < 4.78 is 7.04. The zero-order valence-corrected chi connectivity index (χ0v) is 18.4. The van der Waals surface area contributed by atoms with E-state index in [1.807, 2.05) is 55.5 Å². The van der Waals surface area contributed by atoms with Gasteiger partial charge in [-0.1, -0.05) is 68.9 Å². The van der Waals surface area contributed by atoms with Crippen LogP contribution in [-0.2, 0) is 13.2 Å². The van der Waals surface area contributed by atoms with Gasteiger partial charge in [0.2, 0.25) is 0 Å². The Morgan fingerprint density at radius 2 is 1.70 bits per heavy atom. The van der Waals surface area contributed by atoms with Crippen LogP contribution in [0.3, 0.4) is 0 Å². The highest BCUT2D eigenvalue weighted by Gasteiger charge is 2.12. The molecule has 0 aliphatic heterocycles. The van der Waals surface area contributed by atoms with E-state index in [0.717, 1.165) is 31.9 Å². The molecule has 0 aliphatic rings. The summed E-state index contributed by atoms with van der Waals surface area (Å²) in [7, 11) is 0. The molecule has 0 fully saturated rings. The molecule has 0 spiro atoms. The minimum absolute atomic E-state index is 0.415. The molecule has 1 N–H and O–H groups in total. The Bertz CT molecular complexity index is 945. The van der Waals surface area contributed by atoms with Gasteiger partial charge in [0, 0.05) is 32.3 Å². The molecular formula is C21H17BrCl3NO. The molecular weight excluding hydrogens is 469 g/mol. The fourth-order valence-electron chi connectivity index (χ4n) is 2.63. The summed E-state index contributed by atoms with van der Waals surface area (Å²) in [5.74, 6) is 0.621. The van der Waals surface area contributed by atoms with Gasteiger partial charge in [0.25, 0.3) is 0 Å². The third-order valence-electron chi connectivity index (χ3n) is 4.12. The van der Waals surface area contributed by atoms with Gasteiger partial charge in [-0.3, -0.25) is 0 Å². The summed E-state index contributed by atoms with van der Waals surface area (Å²) in [6, 6.07) is 17.3. The van der Waals surface area contributed by atoms with Crippen molar-refractivity contribution in [2.45, 2.75) is 20.1 Å². The van der Waals surface area contributed by atoms with Crippen molar-refractivity contribution in [3.8, 4) is 5.75 Å². The quantitative estimate of drug-likeness (QED) is 0.383. The van der Waals surface area contributed by atoms with E-state index in [4.69, 9.17) is 39.5 Å². The fourth-order valence-corrected chi connectivity index (χ4v) is 3.66. The molecule has 0 radical (unpaired) electrons. The van der Waals surface area contributed by atoms with Crippen LogP contribution >= 0.6 is 50.7 Å². The van der Waals surface area contributed by atoms with Crippen molar-refractivity contribution in [2.75, 3.05) is 5.32 Å². The lowest BCUT2D eigenvalue weighted by Crippen LogP contribution is -2.05. The van der Waals surface area contributed by atoms with Crippen molar-refractivity contribution in [1.29, 1.82) is 0 Å². The van der Waals surface area contributed by atoms with Gasteiger partial charge in [0.1, 0.15) is 12.4 Å². The van der Waals surface area contributed by atoms with E-state index >= 15 is 0 Å². The van der Waals surface area contributed by atoms with E-state index in [0.29, 0.717) is 28.9 Å². The Morgan fingerprint density at radius 3 is 2.44 bits per heavy atom. The molecule has 0 saturated heterocycles. The molecule has 0 heterocycles. The summed E-state index contributed by atoms with van der Waals surface area (Å²) in [4.78, 5) is 0. The maximum atomic E-state index is 6.40. The minimum atomic E-state index is 0.415. The summed E-state index contributed by atoms with van der Waals surface area (Å²) in [5, 5.41) is 5.15. The van der Waals surface area contributed by atoms with Gasteiger partial charge in [-0.05, 0) is 54.4 Å². The van der Waals surface area contributed by atoms with E-state index in [1.165, 1.54) is 0 Å². The summed E-state index contributed by atoms with van der Waals surface area (Å²) in [6.07, 6.45) is 0. The standard InChI is InChI=1S/C21H17BrCl3NO/c1-13-18(24)3-2-4-20(13)26-11-15-9-17(23)10-19(25)21(15)27-12-14-5-7-16(22)8-6-14/h2-10,26H,11-12H2,1H3. The summed E-state index contributed by atoms with van der Waals surface area (Å²) >= 11 is 22.2. The van der Waals surface area contributed by atoms with Gasteiger partial charge in [-0.2, -0.15) is 0 Å². The van der Waals surface area contributed by atoms with E-state index in [9.17, 15) is 0 Å². The molecule has 0 saturated carbocycles. The largest absolute Gasteiger partial charge is 0.487 e. The molecule has 0 unspecified atom stereocenters. The lowest BCUT2D eigenvalue weighted by atomic mass is 10.1. The highest BCUT2D eigenvalue weighted by molar-refractivity contribution is 9.10. The van der Waals surface area contributed by atoms with Gasteiger partial charge < -0.3 is 10.1 Å². The Morgan fingerprint density at radius 1 is 0.963 bits per heavy atom. The molecule has 140 valence electrons. The van der Waals surface area contributed by atoms with Crippen LogP contribution in [0.15, 0.2) is 59.1 Å². The van der Waals surface area contributed by atoms with Crippen LogP contribution in [0.1, 0.15) is 16.7 Å². The van der Waals surface area contributed by atoms with E-state index in [1.54, 1.807) is 6.07 Å². The maximum Gasteiger partial charge on any atom is 0.143 e. The third kappa shape index (κ3) is 5.32. The lowest BCUT2D eigenvalue weighted by Gasteiger charge is -2.16. The molecule has 2 nitrogen and oxygen atoms in total. The predicted octanol–water partition coefficient (Wildman–Crippen LogP) is 7.91. The first-order valence-corrected chi connectivity index (χ1v) is 10.2. The Kier molecular flexibility index (Phi) is 6.93. The van der Waals surface area contributed by atoms with Crippen molar-refractivity contribution in [3.63, 3.8) is 0 Å². The van der Waals surface area contributed by atoms with Crippen LogP contribution in [0, 0.1) is 6.92 Å². The van der Waals surface area contributed by atoms with Crippen molar-refractivity contribution in [2.24, 2.45) is 0 Å². The zero-order valence-electron chi connectivity index (χ0n) is 14.5. The van der Waals surface area contributed by atoms with Crippen LogP contribution in [0.2, 0.25) is 15.1 Å². The monoisotopic (exact) mass is 483 g/mol. The number of hydrogen-bond donors (Lipinski definition) is 1. The topological polar surface area (TPSA) is 21.3 Å². The third-order valence-corrected chi connectivity index (χ3v) is 5.56. The molecule has 0 atom stereocenters. The van der Waals surface area contributed by atoms with Crippen LogP contribution in [0.25, 0.3) is 0 Å². The number of hydrogen-bond acceptors (Lipinski definition) is 2. The highest BCUT2D eigenvalue weighted by Crippen LogP contribution is 2.34. The van der Waals surface area contributed by atoms with E-state index in [-0.39, 0.29) is 0 Å². The predicted molar refractivity (Wildman–Crippen MR) is 118 cm³/mol. The second-order valence-corrected chi connectivity index (χ2v) is 8.22. The lowest BCUT2D eigenvalue weighted by molar-refractivity contribution is 0.303. The number of rotatable bonds is 6. The van der Waals surface area contributed by atoms with Gasteiger partial charge >= 0.3 is 0 Å². The second-order valence-electron chi connectivity index (χ2n) is 6.06. The number of benzene rings is 3. The SMILES string of the molecule is Cc1c(Cl)cccc1NCc1cc(Cl)cc(Cl)c1OCc1ccc(Br)cc1. The van der Waals surface area contributed by atoms with Crippen LogP contribution in [0.5, 0.6) is 5.75 Å². The van der Waals surface area contributed by atoms with Crippen molar-refractivity contribution < 1.29 is 4.74 Å². The average molecular weight is 486 g/mol. The highest BCUT2D eigenvalue weighted by atomic mass is 79.9. The van der Waals surface area contributed by atoms with Gasteiger partial charge in [-0.25, -0.2) is 0 Å². The van der Waals surface area contributed by atoms with E-state index in [2.05, 4.69) is 21.2 Å². The minimum Gasteiger partial charge on any atom is -0.487 e. The molecule has 3 rings (SSSR count). The molecule has 6 heteroatoms. The summed E-state index contributed by atoms with van der Waals surface area (Å²) in [5.41, 5.74) is 3.87. The second kappa shape index (κ2) is 9.20. The van der Waals surface area contributed by atoms with E-state index < -0.39 is 0 Å². The summed E-state index contributed by atoms with van der Waals surface area (Å²) in [6.45, 7) is 2.90. The molecule has 0 bridgehead atoms. The number of halogens is 4. The Hall–Kier alpha value is -1.39. The molecule has 0 aromatic heterocycles. The first-order chi connectivity index (χ1) is 12.9. The Balaban J connectivity index is 1.79. The van der Waals surface area contributed by atoms with Gasteiger partial charge in [0.05, 0.1) is 5.02 Å². The molecule has 3 aromatic rings. The first-order valence-electron chi connectivity index (χ1n) is 8.28. The van der Waals surface area contributed by atoms with Gasteiger partial charge in [0.15, 0.2) is 0 Å². The maximum absolute atomic E-state index is 6.40. The Labute approximate surface area is 182 Å². The van der Waals surface area contributed by atoms with Crippen LogP contribution in [0.4, 0.5) is 5.69 Å². The zero-order chi connectivity index (χ0) is 19.4. The number of nitrogens with one attached hydrogen (secondary N) is 1. The molecule has 0 aliphatic carbocycles. The molecule has 27 heavy (non-hydrogen) atoms. The smallest absolute Gasteiger partial charge is 0.143 e. The van der Waals surface area contributed by atoms with Crippen molar-refractivity contribution in [1.82, 2.24) is 0 Å².